The number of carboxylic acids is 1. The van der Waals surface area contributed by atoms with Crippen molar-refractivity contribution in [3.8, 4) is 0 Å². The maximum atomic E-state index is 12.9. The molecule has 0 radical (unpaired) electrons. The van der Waals surface area contributed by atoms with Crippen LogP contribution in [0, 0.1) is 5.92 Å². The second kappa shape index (κ2) is 5.70. The largest absolute Gasteiger partial charge is 0.480 e. The summed E-state index contributed by atoms with van der Waals surface area (Å²) < 4.78 is 1.32. The molecule has 0 saturated heterocycles. The van der Waals surface area contributed by atoms with Gasteiger partial charge in [0.05, 0.1) is 5.39 Å². The van der Waals surface area contributed by atoms with Gasteiger partial charge in [-0.25, -0.2) is 9.78 Å². The summed E-state index contributed by atoms with van der Waals surface area (Å²) in [5.74, 6) is -0.392. The molecule has 3 rings (SSSR count). The molecular weight excluding hydrogens is 320 g/mol. The number of rotatable bonds is 3. The first kappa shape index (κ1) is 15.6. The Morgan fingerprint density at radius 2 is 2.27 bits per heavy atom. The molecule has 1 aliphatic carbocycles. The third kappa shape index (κ3) is 2.36. The predicted octanol–water partition coefficient (Wildman–Crippen LogP) is 2.95. The number of aryl methyl sites for hydroxylation is 1. The highest BCUT2D eigenvalue weighted by Crippen LogP contribution is 2.36. The minimum Gasteiger partial charge on any atom is -0.480 e. The molecule has 0 spiro atoms. The average Bonchev–Trinajstić information content (AvgIpc) is 2.83. The number of fused-ring (bicyclic) bond motifs is 3. The minimum atomic E-state index is -1.02. The van der Waals surface area contributed by atoms with Crippen LogP contribution in [-0.4, -0.2) is 26.9 Å². The second-order valence-corrected chi connectivity index (χ2v) is 7.68. The van der Waals surface area contributed by atoms with Gasteiger partial charge in [-0.1, -0.05) is 18.7 Å². The fourth-order valence-electron chi connectivity index (χ4n) is 2.98. The molecule has 0 aliphatic heterocycles. The Kier molecular flexibility index (Phi) is 4.03. The lowest BCUT2D eigenvalue weighted by atomic mass is 9.89. The van der Waals surface area contributed by atoms with Gasteiger partial charge in [0.2, 0.25) is 0 Å². The fourth-order valence-corrected chi connectivity index (χ4v) is 5.03. The van der Waals surface area contributed by atoms with Crippen LogP contribution in [0.2, 0.25) is 0 Å². The monoisotopic (exact) mass is 338 g/mol. The number of aliphatic carboxylic acids is 1. The SMILES string of the molecule is CSc1nc2sc3c(c2c(=O)n1C(C)C(=O)O)CCC(C)C3. The standard InChI is InChI=1S/C15H18N2O3S2/c1-7-4-5-9-10(6-7)22-12-11(9)13(18)17(8(2)14(19)20)15(16-12)21-3/h7-8H,4-6H2,1-3H3,(H,19,20). The Hall–Kier alpha value is -1.34. The van der Waals surface area contributed by atoms with Gasteiger partial charge in [-0.3, -0.25) is 9.36 Å². The zero-order valence-electron chi connectivity index (χ0n) is 12.8. The molecular formula is C15H18N2O3S2. The number of thioether (sulfide) groups is 1. The van der Waals surface area contributed by atoms with Crippen molar-refractivity contribution < 1.29 is 9.90 Å². The molecule has 1 aliphatic rings. The van der Waals surface area contributed by atoms with E-state index >= 15 is 0 Å². The van der Waals surface area contributed by atoms with E-state index in [9.17, 15) is 14.7 Å². The summed E-state index contributed by atoms with van der Waals surface area (Å²) in [4.78, 5) is 30.8. The van der Waals surface area contributed by atoms with E-state index in [1.807, 2.05) is 6.26 Å². The average molecular weight is 338 g/mol. The van der Waals surface area contributed by atoms with Gasteiger partial charge in [-0.05, 0) is 43.9 Å². The van der Waals surface area contributed by atoms with E-state index in [4.69, 9.17) is 0 Å². The third-order valence-corrected chi connectivity index (χ3v) is 6.06. The molecule has 2 heterocycles. The second-order valence-electron chi connectivity index (χ2n) is 5.82. The van der Waals surface area contributed by atoms with Crippen LogP contribution < -0.4 is 5.56 Å². The first-order valence-corrected chi connectivity index (χ1v) is 9.31. The first-order chi connectivity index (χ1) is 10.4. The quantitative estimate of drug-likeness (QED) is 0.688. The molecule has 0 fully saturated rings. The molecule has 2 unspecified atom stereocenters. The molecule has 2 aromatic rings. The summed E-state index contributed by atoms with van der Waals surface area (Å²) in [7, 11) is 0. The van der Waals surface area contributed by atoms with Crippen molar-refractivity contribution in [2.24, 2.45) is 5.92 Å². The van der Waals surface area contributed by atoms with E-state index in [1.54, 1.807) is 11.3 Å². The highest BCUT2D eigenvalue weighted by Gasteiger charge is 2.27. The molecule has 7 heteroatoms. The van der Waals surface area contributed by atoms with E-state index < -0.39 is 12.0 Å². The minimum absolute atomic E-state index is 0.212. The van der Waals surface area contributed by atoms with Gasteiger partial charge < -0.3 is 5.11 Å². The van der Waals surface area contributed by atoms with Gasteiger partial charge in [0.25, 0.3) is 5.56 Å². The number of hydrogen-bond acceptors (Lipinski definition) is 5. The van der Waals surface area contributed by atoms with E-state index in [1.165, 1.54) is 28.1 Å². The zero-order chi connectivity index (χ0) is 16.0. The van der Waals surface area contributed by atoms with Crippen LogP contribution in [-0.2, 0) is 17.6 Å². The molecule has 118 valence electrons. The van der Waals surface area contributed by atoms with Crippen LogP contribution >= 0.6 is 23.1 Å². The summed E-state index contributed by atoms with van der Waals surface area (Å²) >= 11 is 2.90. The lowest BCUT2D eigenvalue weighted by molar-refractivity contribution is -0.140. The molecule has 22 heavy (non-hydrogen) atoms. The Morgan fingerprint density at radius 3 is 2.91 bits per heavy atom. The Labute approximate surface area is 136 Å². The summed E-state index contributed by atoms with van der Waals surface area (Å²) in [5.41, 5.74) is 0.880. The van der Waals surface area contributed by atoms with Gasteiger partial charge in [-0.2, -0.15) is 0 Å². The predicted molar refractivity (Wildman–Crippen MR) is 89.2 cm³/mol. The number of aromatic nitrogens is 2. The summed E-state index contributed by atoms with van der Waals surface area (Å²) in [6, 6.07) is -0.912. The van der Waals surface area contributed by atoms with E-state index in [0.29, 0.717) is 16.5 Å². The molecule has 0 saturated carbocycles. The van der Waals surface area contributed by atoms with Crippen molar-refractivity contribution in [3.63, 3.8) is 0 Å². The number of thiophene rings is 1. The Bertz CT molecular complexity index is 809. The molecule has 2 atom stereocenters. The van der Waals surface area contributed by atoms with Crippen LogP contribution in [0.4, 0.5) is 0 Å². The van der Waals surface area contributed by atoms with Crippen LogP contribution in [0.1, 0.15) is 36.8 Å². The van der Waals surface area contributed by atoms with Crippen molar-refractivity contribution in [1.29, 1.82) is 0 Å². The smallest absolute Gasteiger partial charge is 0.326 e. The molecule has 5 nitrogen and oxygen atoms in total. The summed E-state index contributed by atoms with van der Waals surface area (Å²) in [5, 5.41) is 10.4. The maximum absolute atomic E-state index is 12.9. The number of hydrogen-bond donors (Lipinski definition) is 1. The van der Waals surface area contributed by atoms with Gasteiger partial charge in [0, 0.05) is 4.88 Å². The number of nitrogens with zero attached hydrogens (tertiary/aromatic N) is 2. The molecule has 0 amide bonds. The lowest BCUT2D eigenvalue weighted by Gasteiger charge is -2.18. The number of carboxylic acid groups (broad SMARTS) is 1. The fraction of sp³-hybridized carbons (Fsp3) is 0.533. The topological polar surface area (TPSA) is 72.2 Å². The van der Waals surface area contributed by atoms with Crippen molar-refractivity contribution in [3.05, 3.63) is 20.8 Å². The van der Waals surface area contributed by atoms with Crippen molar-refractivity contribution in [2.45, 2.75) is 44.3 Å². The summed E-state index contributed by atoms with van der Waals surface area (Å²) in [6.07, 6.45) is 4.75. The number of carbonyl (C=O) groups is 1. The Morgan fingerprint density at radius 1 is 1.55 bits per heavy atom. The molecule has 0 aromatic carbocycles. The van der Waals surface area contributed by atoms with Crippen LogP contribution in [0.5, 0.6) is 0 Å². The van der Waals surface area contributed by atoms with Crippen LogP contribution in [0.25, 0.3) is 10.2 Å². The van der Waals surface area contributed by atoms with Crippen LogP contribution in [0.3, 0.4) is 0 Å². The van der Waals surface area contributed by atoms with E-state index in [2.05, 4.69) is 11.9 Å². The molecule has 0 bridgehead atoms. The van der Waals surface area contributed by atoms with Gasteiger partial charge in [0.15, 0.2) is 5.16 Å². The van der Waals surface area contributed by atoms with Crippen molar-refractivity contribution >= 4 is 39.3 Å². The zero-order valence-corrected chi connectivity index (χ0v) is 14.4. The van der Waals surface area contributed by atoms with E-state index in [-0.39, 0.29) is 5.56 Å². The summed E-state index contributed by atoms with van der Waals surface area (Å²) in [6.45, 7) is 3.75. The van der Waals surface area contributed by atoms with Crippen molar-refractivity contribution in [2.75, 3.05) is 6.26 Å². The molecule has 2 aromatic heterocycles. The van der Waals surface area contributed by atoms with E-state index in [0.717, 1.165) is 29.7 Å². The van der Waals surface area contributed by atoms with Gasteiger partial charge >= 0.3 is 5.97 Å². The third-order valence-electron chi connectivity index (χ3n) is 4.26. The Balaban J connectivity index is 2.31. The van der Waals surface area contributed by atoms with Gasteiger partial charge in [-0.15, -0.1) is 11.3 Å². The highest BCUT2D eigenvalue weighted by atomic mass is 32.2. The highest BCUT2D eigenvalue weighted by molar-refractivity contribution is 7.98. The normalized spacial score (nSPS) is 19.1. The lowest BCUT2D eigenvalue weighted by Crippen LogP contribution is -2.30. The maximum Gasteiger partial charge on any atom is 0.326 e. The van der Waals surface area contributed by atoms with Crippen LogP contribution in [0.15, 0.2) is 9.95 Å². The van der Waals surface area contributed by atoms with Gasteiger partial charge in [0.1, 0.15) is 10.9 Å². The first-order valence-electron chi connectivity index (χ1n) is 7.27. The van der Waals surface area contributed by atoms with Crippen molar-refractivity contribution in [1.82, 2.24) is 9.55 Å². The molecule has 1 N–H and O–H groups in total.